The van der Waals surface area contributed by atoms with E-state index in [9.17, 15) is 8.78 Å². The minimum absolute atomic E-state index is 0. The molecule has 2 fully saturated rings. The molecule has 2 saturated carbocycles. The molecular formula is C15H23F2Rf-. The van der Waals surface area contributed by atoms with Crippen molar-refractivity contribution in [2.24, 2.45) is 17.8 Å². The Morgan fingerprint density at radius 1 is 0.833 bits per heavy atom. The van der Waals surface area contributed by atoms with E-state index < -0.39 is 11.7 Å². The second-order valence-electron chi connectivity index (χ2n) is 5.79. The summed E-state index contributed by atoms with van der Waals surface area (Å²) in [4.78, 5) is 0. The van der Waals surface area contributed by atoms with Crippen molar-refractivity contribution in [3.8, 4) is 0 Å². The van der Waals surface area contributed by atoms with E-state index in [0.29, 0.717) is 5.92 Å². The molecule has 0 aromatic carbocycles. The Morgan fingerprint density at radius 2 is 1.28 bits per heavy atom. The van der Waals surface area contributed by atoms with E-state index in [4.69, 9.17) is 0 Å². The Kier molecular flexibility index (Phi) is 5.30. The molecule has 2 aliphatic carbocycles. The third-order valence-electron chi connectivity index (χ3n) is 4.40. The Labute approximate surface area is 103 Å². The van der Waals surface area contributed by atoms with Crippen LogP contribution in [0.25, 0.3) is 0 Å². The maximum Gasteiger partial charge on any atom is 0.135 e. The van der Waals surface area contributed by atoms with Crippen molar-refractivity contribution in [1.82, 2.24) is 0 Å². The molecule has 0 aliphatic heterocycles. The molecular weight excluding hydrogens is 485 g/mol. The smallest absolute Gasteiger partial charge is 0.135 e. The van der Waals surface area contributed by atoms with E-state index in [0.717, 1.165) is 51.4 Å². The van der Waals surface area contributed by atoms with Gasteiger partial charge in [-0.05, 0) is 18.8 Å². The summed E-state index contributed by atoms with van der Waals surface area (Å²) in [7, 11) is 0. The summed E-state index contributed by atoms with van der Waals surface area (Å²) in [6.45, 7) is 2.20. The largest absolute Gasteiger partial charge is 0.328 e. The first kappa shape index (κ1) is 14.7. The first-order chi connectivity index (χ1) is 8.18. The normalized spacial score (nSPS) is 31.5. The van der Waals surface area contributed by atoms with Crippen molar-refractivity contribution in [3.63, 3.8) is 0 Å². The number of allylic oxidation sites excluding steroid dienone is 2. The molecule has 0 heterocycles. The molecule has 0 spiro atoms. The Morgan fingerprint density at radius 3 is 1.78 bits per heavy atom. The van der Waals surface area contributed by atoms with Crippen LogP contribution in [0.1, 0.15) is 58.3 Å². The molecule has 0 radical (unpaired) electrons. The van der Waals surface area contributed by atoms with Gasteiger partial charge in [0, 0.05) is 11.8 Å². The molecule has 2 aliphatic rings. The Bertz CT molecular complexity index is 274. The maximum absolute atomic E-state index is 14.1. The summed E-state index contributed by atoms with van der Waals surface area (Å²) in [6, 6.07) is 0. The van der Waals surface area contributed by atoms with E-state index in [1.54, 1.807) is 0 Å². The predicted molar refractivity (Wildman–Crippen MR) is 66.6 cm³/mol. The van der Waals surface area contributed by atoms with Crippen molar-refractivity contribution < 1.29 is 8.78 Å². The van der Waals surface area contributed by atoms with Crippen molar-refractivity contribution in [2.75, 3.05) is 0 Å². The summed E-state index contributed by atoms with van der Waals surface area (Å²) >= 11 is 0. The van der Waals surface area contributed by atoms with E-state index in [2.05, 4.69) is 13.3 Å². The first-order valence-electron chi connectivity index (χ1n) is 7.05. The van der Waals surface area contributed by atoms with Crippen LogP contribution in [0.3, 0.4) is 0 Å². The maximum atomic E-state index is 14.1. The van der Waals surface area contributed by atoms with Gasteiger partial charge in [0.15, 0.2) is 0 Å². The fraction of sp³-hybridized carbons (Fsp3) is 0.800. The van der Waals surface area contributed by atoms with Gasteiger partial charge >= 0.3 is 0 Å². The molecule has 18 heavy (non-hydrogen) atoms. The Hall–Kier alpha value is -1.40. The van der Waals surface area contributed by atoms with Crippen LogP contribution in [-0.4, -0.2) is 0 Å². The summed E-state index contributed by atoms with van der Waals surface area (Å²) < 4.78 is 28.1. The zero-order chi connectivity index (χ0) is 12.3. The zero-order valence-electron chi connectivity index (χ0n) is 11.4. The van der Waals surface area contributed by atoms with E-state index in [-0.39, 0.29) is 11.8 Å². The summed E-state index contributed by atoms with van der Waals surface area (Å²) in [6.07, 6.45) is 9.40. The molecule has 0 unspecified atom stereocenters. The van der Waals surface area contributed by atoms with E-state index in [1.807, 2.05) is 0 Å². The average molecular weight is 508 g/mol. The molecule has 2 rings (SSSR count). The third kappa shape index (κ3) is 3.30. The van der Waals surface area contributed by atoms with Crippen LogP contribution in [0.15, 0.2) is 11.7 Å². The molecule has 0 nitrogen and oxygen atoms in total. The predicted octanol–water partition coefficient (Wildman–Crippen LogP) is 5.36. The van der Waals surface area contributed by atoms with Gasteiger partial charge in [-0.3, -0.25) is 0 Å². The van der Waals surface area contributed by atoms with Crippen LogP contribution in [0.5, 0.6) is 0 Å². The number of rotatable bonds is 2. The van der Waals surface area contributed by atoms with Crippen LogP contribution in [0.4, 0.5) is 8.78 Å². The number of hydrogen-bond donors (Lipinski definition) is 0. The van der Waals surface area contributed by atoms with Gasteiger partial charge in [0.25, 0.3) is 0 Å². The quantitative estimate of drug-likeness (QED) is 0.441. The van der Waals surface area contributed by atoms with Crippen LogP contribution in [0.2, 0.25) is 0 Å². The molecule has 0 saturated heterocycles. The van der Waals surface area contributed by atoms with Gasteiger partial charge in [-0.25, -0.2) is 8.78 Å². The second-order valence-corrected chi connectivity index (χ2v) is 5.79. The third-order valence-corrected chi connectivity index (χ3v) is 4.40. The molecule has 3 heteroatoms. The van der Waals surface area contributed by atoms with Gasteiger partial charge < -0.3 is 6.42 Å². The molecule has 0 aromatic rings. The average Bonchev–Trinajstić information content (AvgIpc) is 2.39. The zero-order valence-corrected chi connectivity index (χ0v) is 17.8. The second kappa shape index (κ2) is 6.51. The van der Waals surface area contributed by atoms with Gasteiger partial charge in [0.2, 0.25) is 0 Å². The van der Waals surface area contributed by atoms with Crippen LogP contribution >= 0.6 is 0 Å². The first-order valence-corrected chi connectivity index (χ1v) is 7.05. The van der Waals surface area contributed by atoms with E-state index >= 15 is 0 Å². The van der Waals surface area contributed by atoms with Crippen LogP contribution in [0, 0.1) is 24.2 Å². The fourth-order valence-electron chi connectivity index (χ4n) is 3.08. The topological polar surface area (TPSA) is 0 Å². The monoisotopic (exact) mass is 508 g/mol. The van der Waals surface area contributed by atoms with Gasteiger partial charge in [-0.15, -0.1) is 0 Å². The fourth-order valence-corrected chi connectivity index (χ4v) is 3.08. The van der Waals surface area contributed by atoms with Gasteiger partial charge in [-0.2, -0.15) is 12.8 Å². The van der Waals surface area contributed by atoms with Crippen LogP contribution < -0.4 is 0 Å². The van der Waals surface area contributed by atoms with Crippen molar-refractivity contribution >= 4 is 0 Å². The molecule has 0 bridgehead atoms. The molecule has 0 aromatic heterocycles. The SMILES string of the molecule is CC1CCC(/C(F)=C(\F)C2CC[CH-]CC2)CC1.[Rf]. The van der Waals surface area contributed by atoms with Gasteiger partial charge in [0.1, 0.15) is 11.7 Å². The molecule has 0 N–H and O–H groups in total. The molecule has 100 valence electrons. The number of halogens is 2. The summed E-state index contributed by atoms with van der Waals surface area (Å²) in [5, 5.41) is 0. The van der Waals surface area contributed by atoms with Crippen molar-refractivity contribution in [2.45, 2.75) is 58.3 Å². The minimum atomic E-state index is -0.419. The van der Waals surface area contributed by atoms with Crippen LogP contribution in [-0.2, 0) is 0 Å². The molecule has 0 atom stereocenters. The van der Waals surface area contributed by atoms with Crippen molar-refractivity contribution in [3.05, 3.63) is 18.1 Å². The summed E-state index contributed by atoms with van der Waals surface area (Å²) in [5.74, 6) is -0.413. The van der Waals surface area contributed by atoms with E-state index in [1.165, 1.54) is 0 Å². The Balaban J connectivity index is 0.00000162. The number of hydrogen-bond acceptors (Lipinski definition) is 0. The molecule has 0 amide bonds. The summed E-state index contributed by atoms with van der Waals surface area (Å²) in [5.41, 5.74) is 0. The minimum Gasteiger partial charge on any atom is -0.328 e. The van der Waals surface area contributed by atoms with Crippen molar-refractivity contribution in [1.29, 1.82) is 0 Å². The van der Waals surface area contributed by atoms with Gasteiger partial charge in [-0.1, -0.05) is 32.6 Å². The van der Waals surface area contributed by atoms with Gasteiger partial charge in [0.05, 0.1) is 0 Å². The standard InChI is InChI=1S/C15H23F2.Rf/c1-11-7-9-13(10-8-11)15(17)14(16)12-5-3-2-4-6-12;/h2,11-13H,3-10H2,1H3;/q-1;/b15-14+;.